The fraction of sp³-hybridized carbons (Fsp3) is 0.875. The number of hydrogen-bond donors (Lipinski definition) is 1. The molecule has 0 aromatic carbocycles. The van der Waals surface area contributed by atoms with E-state index in [9.17, 15) is 13.2 Å². The van der Waals surface area contributed by atoms with Gasteiger partial charge in [-0.2, -0.15) is 0 Å². The standard InChI is InChI=1S/C8H14BrNO4S/c1-14-8(11)7(9)4-10-15(12,13)5-6-2-3-6/h6-7,10H,2-5H2,1H3. The maximum absolute atomic E-state index is 11.4. The molecule has 1 saturated carbocycles. The van der Waals surface area contributed by atoms with Crippen LogP contribution in [0.4, 0.5) is 0 Å². The van der Waals surface area contributed by atoms with Gasteiger partial charge in [0.1, 0.15) is 4.83 Å². The molecule has 1 N–H and O–H groups in total. The zero-order chi connectivity index (χ0) is 11.5. The number of halogens is 1. The second-order valence-corrected chi connectivity index (χ2v) is 6.52. The summed E-state index contributed by atoms with van der Waals surface area (Å²) in [7, 11) is -1.98. The zero-order valence-electron chi connectivity index (χ0n) is 8.40. The molecule has 0 saturated heterocycles. The molecular weight excluding hydrogens is 286 g/mol. The van der Waals surface area contributed by atoms with E-state index in [1.807, 2.05) is 0 Å². The van der Waals surface area contributed by atoms with Crippen molar-refractivity contribution in [2.24, 2.45) is 5.92 Å². The summed E-state index contributed by atoms with van der Waals surface area (Å²) in [6.45, 7) is 0.0295. The van der Waals surface area contributed by atoms with Crippen LogP contribution in [0.2, 0.25) is 0 Å². The molecule has 5 nitrogen and oxygen atoms in total. The molecule has 0 aromatic rings. The first-order valence-electron chi connectivity index (χ1n) is 4.64. The van der Waals surface area contributed by atoms with Crippen molar-refractivity contribution in [2.75, 3.05) is 19.4 Å². The molecule has 0 heterocycles. The molecule has 15 heavy (non-hydrogen) atoms. The minimum Gasteiger partial charge on any atom is -0.468 e. The molecule has 0 spiro atoms. The predicted octanol–water partition coefficient (Wildman–Crippen LogP) is 0.252. The predicted molar refractivity (Wildman–Crippen MR) is 59.2 cm³/mol. The number of carbonyl (C=O) groups is 1. The molecule has 1 fully saturated rings. The lowest BCUT2D eigenvalue weighted by Crippen LogP contribution is -2.35. The van der Waals surface area contributed by atoms with Crippen molar-refractivity contribution >= 4 is 31.9 Å². The monoisotopic (exact) mass is 299 g/mol. The first kappa shape index (κ1) is 12.9. The fourth-order valence-corrected chi connectivity index (χ4v) is 3.12. The van der Waals surface area contributed by atoms with Crippen LogP contribution in [0.3, 0.4) is 0 Å². The molecule has 88 valence electrons. The fourth-order valence-electron chi connectivity index (χ4n) is 1.07. The molecule has 0 aromatic heterocycles. The second-order valence-electron chi connectivity index (χ2n) is 3.56. The van der Waals surface area contributed by atoms with Gasteiger partial charge in [-0.05, 0) is 18.8 Å². The summed E-state index contributed by atoms with van der Waals surface area (Å²) in [4.78, 5) is 10.3. The van der Waals surface area contributed by atoms with Gasteiger partial charge >= 0.3 is 5.97 Å². The van der Waals surface area contributed by atoms with E-state index in [0.717, 1.165) is 12.8 Å². The number of sulfonamides is 1. The molecule has 1 atom stereocenters. The van der Waals surface area contributed by atoms with E-state index in [0.29, 0.717) is 5.92 Å². The van der Waals surface area contributed by atoms with Crippen molar-refractivity contribution < 1.29 is 17.9 Å². The zero-order valence-corrected chi connectivity index (χ0v) is 10.8. The van der Waals surface area contributed by atoms with Crippen molar-refractivity contribution in [3.05, 3.63) is 0 Å². The number of alkyl halides is 1. The van der Waals surface area contributed by atoms with Gasteiger partial charge in [-0.15, -0.1) is 0 Å². The van der Waals surface area contributed by atoms with Gasteiger partial charge in [0.2, 0.25) is 10.0 Å². The smallest absolute Gasteiger partial charge is 0.320 e. The summed E-state index contributed by atoms with van der Waals surface area (Å²) in [6, 6.07) is 0. The van der Waals surface area contributed by atoms with Crippen LogP contribution in [-0.2, 0) is 19.6 Å². The van der Waals surface area contributed by atoms with Gasteiger partial charge in [0.05, 0.1) is 12.9 Å². The van der Waals surface area contributed by atoms with Crippen LogP contribution in [-0.4, -0.2) is 38.6 Å². The highest BCUT2D eigenvalue weighted by molar-refractivity contribution is 9.10. The maximum Gasteiger partial charge on any atom is 0.320 e. The maximum atomic E-state index is 11.4. The van der Waals surface area contributed by atoms with Gasteiger partial charge in [-0.25, -0.2) is 13.1 Å². The number of hydrogen-bond acceptors (Lipinski definition) is 4. The quantitative estimate of drug-likeness (QED) is 0.564. The molecule has 0 amide bonds. The molecule has 1 unspecified atom stereocenters. The van der Waals surface area contributed by atoms with Crippen molar-refractivity contribution in [1.82, 2.24) is 4.72 Å². The van der Waals surface area contributed by atoms with Crippen molar-refractivity contribution in [3.8, 4) is 0 Å². The first-order chi connectivity index (χ1) is 6.94. The van der Waals surface area contributed by atoms with Gasteiger partial charge in [0, 0.05) is 6.54 Å². The molecule has 0 bridgehead atoms. The third kappa shape index (κ3) is 4.94. The van der Waals surface area contributed by atoms with Gasteiger partial charge in [-0.3, -0.25) is 4.79 Å². The minimum atomic E-state index is -3.24. The van der Waals surface area contributed by atoms with Crippen LogP contribution in [0.15, 0.2) is 0 Å². The third-order valence-corrected chi connectivity index (χ3v) is 4.31. The van der Waals surface area contributed by atoms with Gasteiger partial charge < -0.3 is 4.74 Å². The summed E-state index contributed by atoms with van der Waals surface area (Å²) in [5, 5.41) is 0. The van der Waals surface area contributed by atoms with E-state index in [1.165, 1.54) is 7.11 Å². The molecule has 1 aliphatic rings. The van der Waals surface area contributed by atoms with Crippen molar-refractivity contribution in [1.29, 1.82) is 0 Å². The molecule has 1 aliphatic carbocycles. The Balaban J connectivity index is 2.31. The van der Waals surface area contributed by atoms with E-state index < -0.39 is 20.8 Å². The van der Waals surface area contributed by atoms with Gasteiger partial charge in [-0.1, -0.05) is 15.9 Å². The molecule has 0 aliphatic heterocycles. The first-order valence-corrected chi connectivity index (χ1v) is 7.20. The lowest BCUT2D eigenvalue weighted by molar-refractivity contribution is -0.139. The highest BCUT2D eigenvalue weighted by atomic mass is 79.9. The average molecular weight is 300 g/mol. The van der Waals surface area contributed by atoms with Gasteiger partial charge in [0.25, 0.3) is 0 Å². The lowest BCUT2D eigenvalue weighted by Gasteiger charge is -2.09. The average Bonchev–Trinajstić information content (AvgIpc) is 2.96. The van der Waals surface area contributed by atoms with Crippen molar-refractivity contribution in [3.63, 3.8) is 0 Å². The van der Waals surface area contributed by atoms with Crippen LogP contribution in [0, 0.1) is 5.92 Å². The van der Waals surface area contributed by atoms with E-state index in [4.69, 9.17) is 0 Å². The molecule has 0 radical (unpaired) electrons. The highest BCUT2D eigenvalue weighted by Crippen LogP contribution is 2.29. The van der Waals surface area contributed by atoms with Crippen LogP contribution in [0.5, 0.6) is 0 Å². The number of rotatable bonds is 6. The van der Waals surface area contributed by atoms with Crippen LogP contribution < -0.4 is 4.72 Å². The topological polar surface area (TPSA) is 72.5 Å². The second kappa shape index (κ2) is 5.27. The Bertz CT molecular complexity index is 326. The molecule has 1 rings (SSSR count). The van der Waals surface area contributed by atoms with Gasteiger partial charge in [0.15, 0.2) is 0 Å². The summed E-state index contributed by atoms with van der Waals surface area (Å²) >= 11 is 3.04. The van der Waals surface area contributed by atoms with E-state index in [2.05, 4.69) is 25.4 Å². The minimum absolute atomic E-state index is 0.0295. The Kier molecular flexibility index (Phi) is 4.54. The summed E-state index contributed by atoms with van der Waals surface area (Å²) < 4.78 is 29.6. The normalized spacial score (nSPS) is 18.5. The van der Waals surface area contributed by atoms with E-state index in [1.54, 1.807) is 0 Å². The van der Waals surface area contributed by atoms with E-state index in [-0.39, 0.29) is 12.3 Å². The SMILES string of the molecule is COC(=O)C(Br)CNS(=O)(=O)CC1CC1. The number of methoxy groups -OCH3 is 1. The van der Waals surface area contributed by atoms with Crippen molar-refractivity contribution in [2.45, 2.75) is 17.7 Å². The molecule has 7 heteroatoms. The molecular formula is C8H14BrNO4S. The summed E-state index contributed by atoms with van der Waals surface area (Å²) in [6.07, 6.45) is 1.96. The Morgan fingerprint density at radius 2 is 2.20 bits per heavy atom. The van der Waals surface area contributed by atoms with Crippen LogP contribution in [0.1, 0.15) is 12.8 Å². The van der Waals surface area contributed by atoms with E-state index >= 15 is 0 Å². The Labute approximate surface area is 97.7 Å². The lowest BCUT2D eigenvalue weighted by atomic mass is 10.4. The largest absolute Gasteiger partial charge is 0.468 e. The Morgan fingerprint density at radius 1 is 1.60 bits per heavy atom. The number of esters is 1. The van der Waals surface area contributed by atoms with Crippen LogP contribution >= 0.6 is 15.9 Å². The highest BCUT2D eigenvalue weighted by Gasteiger charge is 2.28. The summed E-state index contributed by atoms with van der Waals surface area (Å²) in [5.41, 5.74) is 0. The summed E-state index contributed by atoms with van der Waals surface area (Å²) in [5.74, 6) is -0.0213. The number of ether oxygens (including phenoxy) is 1. The Hall–Kier alpha value is -0.140. The number of nitrogens with one attached hydrogen (secondary N) is 1. The van der Waals surface area contributed by atoms with Crippen LogP contribution in [0.25, 0.3) is 0 Å². The number of carbonyl (C=O) groups excluding carboxylic acids is 1. The Morgan fingerprint density at radius 3 is 2.67 bits per heavy atom. The third-order valence-electron chi connectivity index (χ3n) is 2.09.